The number of benzene rings is 1. The average Bonchev–Trinajstić information content (AvgIpc) is 2.30. The number of aromatic nitrogens is 2. The van der Waals surface area contributed by atoms with E-state index in [1.165, 1.54) is 11.9 Å². The molecule has 0 amide bonds. The Morgan fingerprint density at radius 2 is 2.20 bits per heavy atom. The molecule has 0 atom stereocenters. The minimum Gasteiger partial charge on any atom is -0.243 e. The van der Waals surface area contributed by atoms with E-state index in [0.717, 1.165) is 17.7 Å². The molecule has 15 heavy (non-hydrogen) atoms. The van der Waals surface area contributed by atoms with E-state index in [2.05, 4.69) is 29.0 Å². The van der Waals surface area contributed by atoms with Crippen LogP contribution in [0.25, 0.3) is 11.3 Å². The molecule has 3 heteroatoms. The monoisotopic (exact) mass is 218 g/mol. The van der Waals surface area contributed by atoms with Crippen molar-refractivity contribution in [2.24, 2.45) is 0 Å². The second-order valence-corrected chi connectivity index (χ2v) is 3.68. The van der Waals surface area contributed by atoms with E-state index < -0.39 is 0 Å². The molecule has 0 radical (unpaired) electrons. The van der Waals surface area contributed by atoms with E-state index in [9.17, 15) is 0 Å². The highest BCUT2D eigenvalue weighted by Gasteiger charge is 2.04. The highest BCUT2D eigenvalue weighted by Crippen LogP contribution is 2.24. The fourth-order valence-corrected chi connectivity index (χ4v) is 1.68. The summed E-state index contributed by atoms with van der Waals surface area (Å²) in [5, 5.41) is 0.589. The van der Waals surface area contributed by atoms with Crippen molar-refractivity contribution in [3.05, 3.63) is 47.4 Å². The summed E-state index contributed by atoms with van der Waals surface area (Å²) in [6.07, 6.45) is 4.14. The molecule has 1 aromatic carbocycles. The van der Waals surface area contributed by atoms with Crippen molar-refractivity contribution in [2.75, 3.05) is 0 Å². The summed E-state index contributed by atoms with van der Waals surface area (Å²) in [6.45, 7) is 2.13. The zero-order chi connectivity index (χ0) is 10.7. The third-order valence-electron chi connectivity index (χ3n) is 2.28. The van der Waals surface area contributed by atoms with Gasteiger partial charge >= 0.3 is 0 Å². The van der Waals surface area contributed by atoms with Crippen LogP contribution in [0.5, 0.6) is 0 Å². The molecule has 0 bridgehead atoms. The van der Waals surface area contributed by atoms with Crippen molar-refractivity contribution in [1.82, 2.24) is 9.97 Å². The van der Waals surface area contributed by atoms with Crippen LogP contribution in [0.15, 0.2) is 36.8 Å². The normalized spacial score (nSPS) is 10.3. The summed E-state index contributed by atoms with van der Waals surface area (Å²) >= 11 is 6.03. The Balaban J connectivity index is 2.49. The maximum atomic E-state index is 6.03. The van der Waals surface area contributed by atoms with Crippen LogP contribution in [0.2, 0.25) is 5.02 Å². The van der Waals surface area contributed by atoms with Crippen molar-refractivity contribution in [3.63, 3.8) is 0 Å². The van der Waals surface area contributed by atoms with Crippen LogP contribution in [0.3, 0.4) is 0 Å². The van der Waals surface area contributed by atoms with E-state index in [-0.39, 0.29) is 0 Å². The topological polar surface area (TPSA) is 25.8 Å². The first kappa shape index (κ1) is 10.1. The molecule has 1 aromatic heterocycles. The number of hydrogen-bond acceptors (Lipinski definition) is 2. The number of aryl methyl sites for hydroxylation is 1. The van der Waals surface area contributed by atoms with E-state index in [1.54, 1.807) is 6.20 Å². The summed E-state index contributed by atoms with van der Waals surface area (Å²) < 4.78 is 0. The van der Waals surface area contributed by atoms with Crippen molar-refractivity contribution in [3.8, 4) is 11.3 Å². The highest BCUT2D eigenvalue weighted by molar-refractivity contribution is 6.32. The molecular formula is C12H11ClN2. The standard InChI is InChI=1S/C12H11ClN2/c1-2-9-4-3-5-10(6-9)12-11(13)7-14-8-15-12/h3-8H,2H2,1H3. The molecule has 2 nitrogen and oxygen atoms in total. The Hall–Kier alpha value is -1.41. The molecule has 0 saturated heterocycles. The Labute approximate surface area is 94.0 Å². The Morgan fingerprint density at radius 3 is 2.93 bits per heavy atom. The Bertz CT molecular complexity index is 469. The first-order chi connectivity index (χ1) is 7.31. The zero-order valence-electron chi connectivity index (χ0n) is 8.44. The summed E-state index contributed by atoms with van der Waals surface area (Å²) in [5.41, 5.74) is 3.12. The van der Waals surface area contributed by atoms with Crippen LogP contribution in [0.4, 0.5) is 0 Å². The molecule has 0 N–H and O–H groups in total. The van der Waals surface area contributed by atoms with Crippen molar-refractivity contribution < 1.29 is 0 Å². The number of hydrogen-bond donors (Lipinski definition) is 0. The second kappa shape index (κ2) is 4.41. The average molecular weight is 219 g/mol. The van der Waals surface area contributed by atoms with Crippen LogP contribution in [0.1, 0.15) is 12.5 Å². The third-order valence-corrected chi connectivity index (χ3v) is 2.55. The van der Waals surface area contributed by atoms with Gasteiger partial charge in [-0.15, -0.1) is 0 Å². The maximum absolute atomic E-state index is 6.03. The molecule has 0 aliphatic carbocycles. The lowest BCUT2D eigenvalue weighted by molar-refractivity contribution is 1.13. The van der Waals surface area contributed by atoms with Crippen molar-refractivity contribution >= 4 is 11.6 Å². The fraction of sp³-hybridized carbons (Fsp3) is 0.167. The van der Waals surface area contributed by atoms with Gasteiger partial charge in [-0.3, -0.25) is 0 Å². The van der Waals surface area contributed by atoms with Gasteiger partial charge in [0.2, 0.25) is 0 Å². The van der Waals surface area contributed by atoms with Gasteiger partial charge in [-0.05, 0) is 18.1 Å². The molecule has 0 spiro atoms. The molecule has 76 valence electrons. The molecule has 1 heterocycles. The summed E-state index contributed by atoms with van der Waals surface area (Å²) in [6, 6.07) is 8.23. The Morgan fingerprint density at radius 1 is 1.33 bits per heavy atom. The smallest absolute Gasteiger partial charge is 0.116 e. The number of nitrogens with zero attached hydrogens (tertiary/aromatic N) is 2. The predicted molar refractivity (Wildman–Crippen MR) is 61.9 cm³/mol. The van der Waals surface area contributed by atoms with E-state index in [1.807, 2.05) is 12.1 Å². The van der Waals surface area contributed by atoms with Crippen LogP contribution in [0, 0.1) is 0 Å². The summed E-state index contributed by atoms with van der Waals surface area (Å²) in [7, 11) is 0. The molecule has 0 aliphatic rings. The molecule has 0 aliphatic heterocycles. The lowest BCUT2D eigenvalue weighted by Crippen LogP contribution is -1.88. The predicted octanol–water partition coefficient (Wildman–Crippen LogP) is 3.36. The van der Waals surface area contributed by atoms with Gasteiger partial charge in [-0.1, -0.05) is 36.7 Å². The first-order valence-electron chi connectivity index (χ1n) is 4.86. The number of rotatable bonds is 2. The van der Waals surface area contributed by atoms with Crippen molar-refractivity contribution in [2.45, 2.75) is 13.3 Å². The van der Waals surface area contributed by atoms with Gasteiger partial charge < -0.3 is 0 Å². The van der Waals surface area contributed by atoms with Gasteiger partial charge in [0.15, 0.2) is 0 Å². The molecule has 0 unspecified atom stereocenters. The van der Waals surface area contributed by atoms with Crippen LogP contribution >= 0.6 is 11.6 Å². The van der Waals surface area contributed by atoms with Gasteiger partial charge in [0, 0.05) is 11.8 Å². The lowest BCUT2D eigenvalue weighted by atomic mass is 10.1. The molecule has 2 aromatic rings. The molecule has 0 fully saturated rings. The Kier molecular flexibility index (Phi) is 2.97. The van der Waals surface area contributed by atoms with E-state index in [4.69, 9.17) is 11.6 Å². The third kappa shape index (κ3) is 2.16. The SMILES string of the molecule is CCc1cccc(-c2ncncc2Cl)c1. The van der Waals surface area contributed by atoms with Gasteiger partial charge in [0.05, 0.1) is 10.7 Å². The van der Waals surface area contributed by atoms with Crippen LogP contribution in [-0.2, 0) is 6.42 Å². The van der Waals surface area contributed by atoms with Crippen LogP contribution in [-0.4, -0.2) is 9.97 Å². The molecule has 0 saturated carbocycles. The number of halogens is 1. The fourth-order valence-electron chi connectivity index (χ4n) is 1.46. The minimum absolute atomic E-state index is 0.589. The quantitative estimate of drug-likeness (QED) is 0.773. The van der Waals surface area contributed by atoms with Gasteiger partial charge in [0.1, 0.15) is 6.33 Å². The lowest BCUT2D eigenvalue weighted by Gasteiger charge is -2.04. The zero-order valence-corrected chi connectivity index (χ0v) is 9.20. The largest absolute Gasteiger partial charge is 0.243 e. The van der Waals surface area contributed by atoms with Crippen molar-refractivity contribution in [1.29, 1.82) is 0 Å². The maximum Gasteiger partial charge on any atom is 0.116 e. The minimum atomic E-state index is 0.589. The van der Waals surface area contributed by atoms with E-state index >= 15 is 0 Å². The molecule has 2 rings (SSSR count). The molecular weight excluding hydrogens is 208 g/mol. The van der Waals surface area contributed by atoms with Gasteiger partial charge in [0.25, 0.3) is 0 Å². The second-order valence-electron chi connectivity index (χ2n) is 3.27. The van der Waals surface area contributed by atoms with Gasteiger partial charge in [-0.2, -0.15) is 0 Å². The van der Waals surface area contributed by atoms with Crippen LogP contribution < -0.4 is 0 Å². The van der Waals surface area contributed by atoms with Gasteiger partial charge in [-0.25, -0.2) is 9.97 Å². The highest BCUT2D eigenvalue weighted by atomic mass is 35.5. The summed E-state index contributed by atoms with van der Waals surface area (Å²) in [5.74, 6) is 0. The first-order valence-corrected chi connectivity index (χ1v) is 5.24. The van der Waals surface area contributed by atoms with E-state index in [0.29, 0.717) is 5.02 Å². The summed E-state index contributed by atoms with van der Waals surface area (Å²) in [4.78, 5) is 8.05.